The third kappa shape index (κ3) is 2.22. The van der Waals surface area contributed by atoms with Crippen LogP contribution in [0.25, 0.3) is 0 Å². The predicted octanol–water partition coefficient (Wildman–Crippen LogP) is 1.31. The van der Waals surface area contributed by atoms with Crippen molar-refractivity contribution in [1.82, 2.24) is 5.32 Å². The molecule has 0 fully saturated rings. The summed E-state index contributed by atoms with van der Waals surface area (Å²) in [5.41, 5.74) is 0.963. The molecule has 4 heteroatoms. The molecule has 0 saturated carbocycles. The monoisotopic (exact) mass is 194 g/mol. The number of nitrogens with one attached hydrogen (secondary N) is 1. The third-order valence-corrected chi connectivity index (χ3v) is 1.93. The maximum Gasteiger partial charge on any atom is 0.166 e. The predicted molar refractivity (Wildman–Crippen MR) is 55.2 cm³/mol. The highest BCUT2D eigenvalue weighted by Crippen LogP contribution is 2.11. The molecule has 0 atom stereocenters. The first-order valence-electron chi connectivity index (χ1n) is 4.44. The molecule has 0 spiro atoms. The number of ketones is 1. The summed E-state index contributed by atoms with van der Waals surface area (Å²) in [7, 11) is 0. The number of hydrogen-bond acceptors (Lipinski definition) is 4. The topological polar surface area (TPSA) is 61.7 Å². The van der Waals surface area contributed by atoms with E-state index in [1.165, 1.54) is 13.8 Å². The number of amidine groups is 1. The van der Waals surface area contributed by atoms with Crippen molar-refractivity contribution in [2.75, 3.05) is 6.54 Å². The van der Waals surface area contributed by atoms with Crippen molar-refractivity contribution in [3.8, 4) is 0 Å². The molecule has 2 N–H and O–H groups in total. The van der Waals surface area contributed by atoms with Gasteiger partial charge in [-0.15, -0.1) is 0 Å². The van der Waals surface area contributed by atoms with Crippen LogP contribution in [-0.2, 0) is 4.79 Å². The van der Waals surface area contributed by atoms with Crippen molar-refractivity contribution in [1.29, 1.82) is 0 Å². The van der Waals surface area contributed by atoms with Gasteiger partial charge >= 0.3 is 0 Å². The van der Waals surface area contributed by atoms with Crippen molar-refractivity contribution in [3.63, 3.8) is 0 Å². The number of aliphatic hydroxyl groups is 1. The van der Waals surface area contributed by atoms with Gasteiger partial charge in [0.25, 0.3) is 0 Å². The lowest BCUT2D eigenvalue weighted by Gasteiger charge is -2.17. The number of Topliss-reactive ketones (excluding diaryl/α,β-unsaturated/α-hetero) is 1. The summed E-state index contributed by atoms with van der Waals surface area (Å²) in [6.45, 7) is 7.29. The van der Waals surface area contributed by atoms with Gasteiger partial charge in [-0.1, -0.05) is 6.58 Å². The number of carbonyl (C=O) groups is 1. The van der Waals surface area contributed by atoms with E-state index in [1.807, 2.05) is 0 Å². The fourth-order valence-corrected chi connectivity index (χ4v) is 1.32. The number of nitrogens with zero attached hydrogens (tertiary/aromatic N) is 1. The lowest BCUT2D eigenvalue weighted by Crippen LogP contribution is -2.32. The van der Waals surface area contributed by atoms with Crippen LogP contribution < -0.4 is 5.32 Å². The Morgan fingerprint density at radius 2 is 2.21 bits per heavy atom. The molecule has 0 unspecified atom stereocenters. The van der Waals surface area contributed by atoms with Crippen molar-refractivity contribution in [2.24, 2.45) is 4.99 Å². The van der Waals surface area contributed by atoms with Gasteiger partial charge in [-0.2, -0.15) is 0 Å². The Kier molecular flexibility index (Phi) is 3.06. The smallest absolute Gasteiger partial charge is 0.166 e. The molecule has 0 saturated heterocycles. The molecule has 0 aliphatic carbocycles. The molecule has 0 radical (unpaired) electrons. The first-order valence-corrected chi connectivity index (χ1v) is 4.44. The normalized spacial score (nSPS) is 18.1. The van der Waals surface area contributed by atoms with Gasteiger partial charge in [0.2, 0.25) is 0 Å². The van der Waals surface area contributed by atoms with Crippen LogP contribution in [-0.4, -0.2) is 23.3 Å². The number of carbonyl (C=O) groups excluding carboxylic acids is 1. The van der Waals surface area contributed by atoms with Crippen LogP contribution in [0.1, 0.15) is 20.3 Å². The van der Waals surface area contributed by atoms with E-state index in [2.05, 4.69) is 16.9 Å². The summed E-state index contributed by atoms with van der Waals surface area (Å²) in [5, 5.41) is 12.3. The molecule has 1 aliphatic heterocycles. The Morgan fingerprint density at radius 1 is 1.57 bits per heavy atom. The fraction of sp³-hybridized carbons (Fsp3) is 0.400. The molecule has 1 heterocycles. The lowest BCUT2D eigenvalue weighted by atomic mass is 10.1. The van der Waals surface area contributed by atoms with E-state index in [0.717, 1.165) is 12.1 Å². The number of hydrogen-bond donors (Lipinski definition) is 2. The minimum atomic E-state index is -0.203. The van der Waals surface area contributed by atoms with Gasteiger partial charge in [0.1, 0.15) is 11.6 Å². The number of aliphatic hydroxyl groups excluding tert-OH is 1. The highest BCUT2D eigenvalue weighted by atomic mass is 16.3. The van der Waals surface area contributed by atoms with Gasteiger partial charge < -0.3 is 10.4 Å². The number of aliphatic imine (C=N–C) groups is 1. The van der Waals surface area contributed by atoms with E-state index in [4.69, 9.17) is 0 Å². The van der Waals surface area contributed by atoms with Crippen LogP contribution in [0.3, 0.4) is 0 Å². The zero-order chi connectivity index (χ0) is 10.7. The summed E-state index contributed by atoms with van der Waals surface area (Å²) in [6, 6.07) is 0. The van der Waals surface area contributed by atoms with Crippen molar-refractivity contribution in [3.05, 3.63) is 23.6 Å². The molecule has 0 aromatic rings. The van der Waals surface area contributed by atoms with Gasteiger partial charge in [-0.05, 0) is 13.8 Å². The van der Waals surface area contributed by atoms with Gasteiger partial charge in [0, 0.05) is 18.7 Å². The summed E-state index contributed by atoms with van der Waals surface area (Å²) >= 11 is 0. The van der Waals surface area contributed by atoms with E-state index in [-0.39, 0.29) is 17.1 Å². The highest BCUT2D eigenvalue weighted by Gasteiger charge is 2.18. The van der Waals surface area contributed by atoms with Crippen LogP contribution in [0, 0.1) is 0 Å². The minimum absolute atomic E-state index is 0.0153. The molecule has 14 heavy (non-hydrogen) atoms. The average molecular weight is 194 g/mol. The maximum absolute atomic E-state index is 11.2. The summed E-state index contributed by atoms with van der Waals surface area (Å²) in [6.07, 6.45) is 0.763. The maximum atomic E-state index is 11.2. The second kappa shape index (κ2) is 4.09. The Labute approximate surface area is 83.0 Å². The SMILES string of the molecule is C=C1CCNC(/C(C(C)=O)=C(/C)O)=N1. The van der Waals surface area contributed by atoms with E-state index in [0.29, 0.717) is 12.4 Å². The summed E-state index contributed by atoms with van der Waals surface area (Å²) in [4.78, 5) is 15.3. The second-order valence-corrected chi connectivity index (χ2v) is 3.22. The Morgan fingerprint density at radius 3 is 2.64 bits per heavy atom. The van der Waals surface area contributed by atoms with E-state index >= 15 is 0 Å². The molecule has 0 bridgehead atoms. The molecule has 76 valence electrons. The fourth-order valence-electron chi connectivity index (χ4n) is 1.32. The highest BCUT2D eigenvalue weighted by molar-refractivity contribution is 6.21. The van der Waals surface area contributed by atoms with Crippen molar-refractivity contribution in [2.45, 2.75) is 20.3 Å². The molecule has 0 amide bonds. The first-order chi connectivity index (χ1) is 6.52. The van der Waals surface area contributed by atoms with Crippen molar-refractivity contribution >= 4 is 11.6 Å². The molecular formula is C10H14N2O2. The van der Waals surface area contributed by atoms with Gasteiger partial charge in [0.15, 0.2) is 5.78 Å². The van der Waals surface area contributed by atoms with E-state index < -0.39 is 0 Å². The van der Waals surface area contributed by atoms with Gasteiger partial charge in [-0.3, -0.25) is 4.79 Å². The molecule has 0 aromatic carbocycles. The summed E-state index contributed by atoms with van der Waals surface area (Å²) in [5.74, 6) is 0.207. The molecule has 1 rings (SSSR count). The standard InChI is InChI=1S/C10H14N2O2/c1-6-4-5-11-10(12-6)9(7(2)13)8(3)14/h13H,1,4-5H2,2-3H3,(H,11,12)/b9-7-. The average Bonchev–Trinajstić information content (AvgIpc) is 2.02. The van der Waals surface area contributed by atoms with Crippen LogP contribution in [0.2, 0.25) is 0 Å². The lowest BCUT2D eigenvalue weighted by molar-refractivity contribution is -0.113. The third-order valence-electron chi connectivity index (χ3n) is 1.93. The van der Waals surface area contributed by atoms with E-state index in [1.54, 1.807) is 0 Å². The second-order valence-electron chi connectivity index (χ2n) is 3.22. The van der Waals surface area contributed by atoms with Crippen molar-refractivity contribution < 1.29 is 9.90 Å². The zero-order valence-electron chi connectivity index (χ0n) is 8.42. The zero-order valence-corrected chi connectivity index (χ0v) is 8.42. The molecule has 1 aliphatic rings. The number of allylic oxidation sites excluding steroid dienone is 1. The van der Waals surface area contributed by atoms with Crippen LogP contribution in [0.15, 0.2) is 28.6 Å². The largest absolute Gasteiger partial charge is 0.512 e. The Hall–Kier alpha value is -1.58. The molecule has 4 nitrogen and oxygen atoms in total. The Balaban J connectivity index is 3.07. The number of rotatable bonds is 2. The van der Waals surface area contributed by atoms with Gasteiger partial charge in [-0.25, -0.2) is 4.99 Å². The van der Waals surface area contributed by atoms with Crippen LogP contribution in [0.4, 0.5) is 0 Å². The molecular weight excluding hydrogens is 180 g/mol. The van der Waals surface area contributed by atoms with Crippen LogP contribution >= 0.6 is 0 Å². The van der Waals surface area contributed by atoms with E-state index in [9.17, 15) is 9.90 Å². The quantitative estimate of drug-likeness (QED) is 0.514. The minimum Gasteiger partial charge on any atom is -0.512 e. The van der Waals surface area contributed by atoms with Gasteiger partial charge in [0.05, 0.1) is 5.57 Å². The van der Waals surface area contributed by atoms with Crippen LogP contribution in [0.5, 0.6) is 0 Å². The summed E-state index contributed by atoms with van der Waals surface area (Å²) < 4.78 is 0. The first kappa shape index (κ1) is 10.5. The Bertz CT molecular complexity index is 336. The molecule has 0 aromatic heterocycles.